The van der Waals surface area contributed by atoms with Crippen molar-refractivity contribution in [1.29, 1.82) is 0 Å². The summed E-state index contributed by atoms with van der Waals surface area (Å²) in [4.78, 5) is 27.1. The summed E-state index contributed by atoms with van der Waals surface area (Å²) < 4.78 is 19.5. The number of aryl methyl sites for hydroxylation is 2. The van der Waals surface area contributed by atoms with Gasteiger partial charge in [-0.3, -0.25) is 9.59 Å². The van der Waals surface area contributed by atoms with Gasteiger partial charge in [-0.1, -0.05) is 30.3 Å². The number of benzene rings is 2. The van der Waals surface area contributed by atoms with E-state index < -0.39 is 0 Å². The topological polar surface area (TPSA) is 58.6 Å². The van der Waals surface area contributed by atoms with Gasteiger partial charge in [-0.2, -0.15) is 0 Å². The largest absolute Gasteiger partial charge is 0.376 e. The molecule has 160 valence electrons. The van der Waals surface area contributed by atoms with E-state index in [4.69, 9.17) is 4.74 Å². The maximum Gasteiger partial charge on any atom is 0.244 e. The van der Waals surface area contributed by atoms with Crippen LogP contribution < -0.4 is 5.32 Å². The van der Waals surface area contributed by atoms with Gasteiger partial charge in [-0.25, -0.2) is 4.39 Å². The third kappa shape index (κ3) is 5.89. The van der Waals surface area contributed by atoms with Crippen molar-refractivity contribution in [2.75, 3.05) is 25.0 Å². The molecule has 0 aromatic heterocycles. The second kappa shape index (κ2) is 10.3. The van der Waals surface area contributed by atoms with Gasteiger partial charge in [0, 0.05) is 25.3 Å². The van der Waals surface area contributed by atoms with Crippen molar-refractivity contribution >= 4 is 17.5 Å². The van der Waals surface area contributed by atoms with Crippen molar-refractivity contribution < 1.29 is 18.7 Å². The zero-order valence-corrected chi connectivity index (χ0v) is 17.6. The first-order valence-corrected chi connectivity index (χ1v) is 10.4. The number of rotatable bonds is 8. The predicted molar refractivity (Wildman–Crippen MR) is 115 cm³/mol. The molecule has 1 heterocycles. The zero-order chi connectivity index (χ0) is 21.5. The Balaban J connectivity index is 1.65. The summed E-state index contributed by atoms with van der Waals surface area (Å²) >= 11 is 0. The Morgan fingerprint density at radius 2 is 1.97 bits per heavy atom. The average molecular weight is 413 g/mol. The number of hydrogen-bond acceptors (Lipinski definition) is 3. The van der Waals surface area contributed by atoms with Crippen molar-refractivity contribution in [1.82, 2.24) is 4.90 Å². The Morgan fingerprint density at radius 1 is 1.17 bits per heavy atom. The van der Waals surface area contributed by atoms with Crippen LogP contribution in [0.25, 0.3) is 0 Å². The molecule has 30 heavy (non-hydrogen) atoms. The molecule has 5 nitrogen and oxygen atoms in total. The van der Waals surface area contributed by atoms with Crippen molar-refractivity contribution in [2.45, 2.75) is 45.6 Å². The fraction of sp³-hybridized carbons (Fsp3) is 0.417. The van der Waals surface area contributed by atoms with Crippen LogP contribution in [-0.4, -0.2) is 42.5 Å². The summed E-state index contributed by atoms with van der Waals surface area (Å²) in [7, 11) is 0. The third-order valence-electron chi connectivity index (χ3n) is 5.58. The molecule has 1 fully saturated rings. The van der Waals surface area contributed by atoms with E-state index >= 15 is 0 Å². The molecule has 1 aliphatic heterocycles. The molecule has 1 atom stereocenters. The highest BCUT2D eigenvalue weighted by Crippen LogP contribution is 2.19. The lowest BCUT2D eigenvalue weighted by molar-refractivity contribution is -0.136. The normalized spacial score (nSPS) is 15.8. The molecule has 0 aliphatic carbocycles. The van der Waals surface area contributed by atoms with E-state index in [2.05, 4.69) is 5.32 Å². The molecule has 2 aromatic carbocycles. The van der Waals surface area contributed by atoms with Gasteiger partial charge in [0.15, 0.2) is 0 Å². The number of anilines is 1. The predicted octanol–water partition coefficient (Wildman–Crippen LogP) is 4.02. The summed E-state index contributed by atoms with van der Waals surface area (Å²) in [5.41, 5.74) is 3.34. The van der Waals surface area contributed by atoms with Crippen molar-refractivity contribution in [2.24, 2.45) is 0 Å². The summed E-state index contributed by atoms with van der Waals surface area (Å²) in [6, 6.07) is 12.2. The lowest BCUT2D eigenvalue weighted by Crippen LogP contribution is -2.42. The number of carbonyl (C=O) groups excluding carboxylic acids is 2. The Kier molecular flexibility index (Phi) is 7.57. The SMILES string of the molecule is Cc1cccc(NC(=O)CN(CC2CCCO2)C(=O)CCc2ccccc2F)c1C. The highest BCUT2D eigenvalue weighted by molar-refractivity contribution is 5.95. The smallest absolute Gasteiger partial charge is 0.244 e. The minimum absolute atomic E-state index is 0.0522. The van der Waals surface area contributed by atoms with Gasteiger partial charge >= 0.3 is 0 Å². The van der Waals surface area contributed by atoms with Gasteiger partial charge in [0.05, 0.1) is 12.6 Å². The maximum atomic E-state index is 13.9. The first-order valence-electron chi connectivity index (χ1n) is 10.4. The quantitative estimate of drug-likeness (QED) is 0.712. The number of nitrogens with zero attached hydrogens (tertiary/aromatic N) is 1. The highest BCUT2D eigenvalue weighted by atomic mass is 19.1. The molecule has 3 rings (SSSR count). The number of hydrogen-bond donors (Lipinski definition) is 1. The van der Waals surface area contributed by atoms with E-state index in [9.17, 15) is 14.0 Å². The van der Waals surface area contributed by atoms with Crippen LogP contribution in [0.1, 0.15) is 36.0 Å². The number of carbonyl (C=O) groups is 2. The van der Waals surface area contributed by atoms with Crippen LogP contribution in [-0.2, 0) is 20.7 Å². The summed E-state index contributed by atoms with van der Waals surface area (Å²) in [6.07, 6.45) is 2.21. The van der Waals surface area contributed by atoms with Gasteiger partial charge in [0.1, 0.15) is 5.82 Å². The van der Waals surface area contributed by atoms with Crippen LogP contribution >= 0.6 is 0 Å². The van der Waals surface area contributed by atoms with Crippen LogP contribution in [0.15, 0.2) is 42.5 Å². The molecular formula is C24H29FN2O3. The lowest BCUT2D eigenvalue weighted by Gasteiger charge is -2.25. The van der Waals surface area contributed by atoms with Gasteiger partial charge < -0.3 is 15.0 Å². The molecule has 6 heteroatoms. The van der Waals surface area contributed by atoms with E-state index in [1.807, 2.05) is 32.0 Å². The molecule has 1 N–H and O–H groups in total. The van der Waals surface area contributed by atoms with Gasteiger partial charge in [-0.15, -0.1) is 0 Å². The highest BCUT2D eigenvalue weighted by Gasteiger charge is 2.24. The zero-order valence-electron chi connectivity index (χ0n) is 17.6. The molecule has 0 bridgehead atoms. The molecule has 1 aliphatic rings. The fourth-order valence-electron chi connectivity index (χ4n) is 3.64. The fourth-order valence-corrected chi connectivity index (χ4v) is 3.64. The molecule has 2 amide bonds. The van der Waals surface area contributed by atoms with Gasteiger partial charge in [-0.05, 0) is 61.9 Å². The van der Waals surface area contributed by atoms with Crippen molar-refractivity contribution in [3.63, 3.8) is 0 Å². The number of amides is 2. The Hall–Kier alpha value is -2.73. The molecule has 1 saturated heterocycles. The second-order valence-electron chi connectivity index (χ2n) is 7.80. The molecule has 1 unspecified atom stereocenters. The van der Waals surface area contributed by atoms with Crippen LogP contribution in [0, 0.1) is 19.7 Å². The monoisotopic (exact) mass is 412 g/mol. The van der Waals surface area contributed by atoms with E-state index in [1.165, 1.54) is 11.0 Å². The summed E-state index contributed by atoms with van der Waals surface area (Å²) in [6.45, 7) is 4.94. The first-order chi connectivity index (χ1) is 14.4. The van der Waals surface area contributed by atoms with E-state index in [0.717, 1.165) is 29.7 Å². The van der Waals surface area contributed by atoms with Gasteiger partial charge in [0.25, 0.3) is 0 Å². The Morgan fingerprint density at radius 3 is 2.70 bits per heavy atom. The van der Waals surface area contributed by atoms with Crippen molar-refractivity contribution in [3.05, 3.63) is 65.0 Å². The van der Waals surface area contributed by atoms with Crippen LogP contribution in [0.4, 0.5) is 10.1 Å². The van der Waals surface area contributed by atoms with Gasteiger partial charge in [0.2, 0.25) is 11.8 Å². The first kappa shape index (κ1) is 22.0. The molecular weight excluding hydrogens is 383 g/mol. The van der Waals surface area contributed by atoms with Crippen LogP contribution in [0.3, 0.4) is 0 Å². The average Bonchev–Trinajstić information content (AvgIpc) is 3.23. The van der Waals surface area contributed by atoms with E-state index in [0.29, 0.717) is 25.1 Å². The van der Waals surface area contributed by atoms with Crippen LogP contribution in [0.5, 0.6) is 0 Å². The van der Waals surface area contributed by atoms with E-state index in [1.54, 1.807) is 18.2 Å². The third-order valence-corrected chi connectivity index (χ3v) is 5.58. The maximum absolute atomic E-state index is 13.9. The molecule has 0 spiro atoms. The van der Waals surface area contributed by atoms with Crippen LogP contribution in [0.2, 0.25) is 0 Å². The second-order valence-corrected chi connectivity index (χ2v) is 7.80. The number of nitrogens with one attached hydrogen (secondary N) is 1. The number of halogens is 1. The minimum Gasteiger partial charge on any atom is -0.376 e. The molecule has 0 radical (unpaired) electrons. The Labute approximate surface area is 177 Å². The lowest BCUT2D eigenvalue weighted by atomic mass is 10.1. The summed E-state index contributed by atoms with van der Waals surface area (Å²) in [5.74, 6) is -0.741. The number of ether oxygens (including phenoxy) is 1. The Bertz CT molecular complexity index is 894. The van der Waals surface area contributed by atoms with E-state index in [-0.39, 0.29) is 36.7 Å². The molecule has 0 saturated carbocycles. The standard InChI is InChI=1S/C24H29FN2O3/c1-17-7-5-11-22(18(17)2)26-23(28)16-27(15-20-9-6-14-30-20)24(29)13-12-19-8-3-4-10-21(19)25/h3-5,7-8,10-11,20H,6,9,12-16H2,1-2H3,(H,26,28). The minimum atomic E-state index is -0.316. The summed E-state index contributed by atoms with van der Waals surface area (Å²) in [5, 5.41) is 2.91. The van der Waals surface area contributed by atoms with Crippen molar-refractivity contribution in [3.8, 4) is 0 Å². The molecule has 2 aromatic rings.